The first-order valence-electron chi connectivity index (χ1n) is 9.50. The van der Waals surface area contributed by atoms with Crippen molar-refractivity contribution < 1.29 is 14.3 Å². The first-order chi connectivity index (χ1) is 15.1. The molecule has 0 aliphatic heterocycles. The van der Waals surface area contributed by atoms with Crippen LogP contribution in [0, 0.1) is 11.8 Å². The van der Waals surface area contributed by atoms with Crippen molar-refractivity contribution in [3.63, 3.8) is 0 Å². The van der Waals surface area contributed by atoms with Gasteiger partial charge in [-0.3, -0.25) is 9.20 Å². The van der Waals surface area contributed by atoms with E-state index in [1.54, 1.807) is 10.6 Å². The number of nitrogens with one attached hydrogen (secondary N) is 1. The van der Waals surface area contributed by atoms with Gasteiger partial charge in [0.2, 0.25) is 17.6 Å². The molecule has 0 aromatic carbocycles. The number of ether oxygens (including phenoxy) is 2. The molecule has 0 radical (unpaired) electrons. The molecule has 0 fully saturated rings. The van der Waals surface area contributed by atoms with E-state index >= 15 is 0 Å². The van der Waals surface area contributed by atoms with Gasteiger partial charge in [-0.2, -0.15) is 0 Å². The van der Waals surface area contributed by atoms with E-state index in [9.17, 15) is 4.79 Å². The summed E-state index contributed by atoms with van der Waals surface area (Å²) in [5, 5.41) is 18.8. The predicted molar refractivity (Wildman–Crippen MR) is 110 cm³/mol. The van der Waals surface area contributed by atoms with E-state index in [-0.39, 0.29) is 17.5 Å². The molecule has 1 aliphatic rings. The van der Waals surface area contributed by atoms with Crippen molar-refractivity contribution in [2.24, 2.45) is 0 Å². The molecule has 1 aliphatic carbocycles. The number of rotatable bonds is 5. The van der Waals surface area contributed by atoms with Crippen LogP contribution >= 0.6 is 0 Å². The number of nitrogens with zero attached hydrogens (tertiary/aromatic N) is 6. The lowest BCUT2D eigenvalue weighted by Gasteiger charge is -2.05. The molecule has 0 spiro atoms. The monoisotopic (exact) mass is 417 g/mol. The highest BCUT2D eigenvalue weighted by Crippen LogP contribution is 2.19. The van der Waals surface area contributed by atoms with Crippen LogP contribution in [0.3, 0.4) is 0 Å². The predicted octanol–water partition coefficient (Wildman–Crippen LogP) is 1.69. The second-order valence-electron chi connectivity index (χ2n) is 6.56. The Bertz CT molecular complexity index is 1280. The average molecular weight is 417 g/mol. The fraction of sp³-hybridized carbons (Fsp3) is 0.238. The van der Waals surface area contributed by atoms with Crippen LogP contribution in [-0.4, -0.2) is 49.9 Å². The Kier molecular flexibility index (Phi) is 5.57. The Hall–Kier alpha value is -4.26. The zero-order valence-electron chi connectivity index (χ0n) is 17.2. The second kappa shape index (κ2) is 8.62. The number of hydrogen-bond acceptors (Lipinski definition) is 8. The SMILES string of the molecule is CCC1=CC(NC(=O)c2cc(C#Cc3nnc4cnc(OC)cn34)c(OC)nn2)=CC1. The normalized spacial score (nSPS) is 12.6. The van der Waals surface area contributed by atoms with Gasteiger partial charge in [-0.15, -0.1) is 20.4 Å². The molecular weight excluding hydrogens is 398 g/mol. The number of fused-ring (bicyclic) bond motifs is 1. The zero-order chi connectivity index (χ0) is 21.8. The lowest BCUT2D eigenvalue weighted by molar-refractivity contribution is 0.0961. The molecule has 1 amide bonds. The van der Waals surface area contributed by atoms with Gasteiger partial charge in [-0.05, 0) is 30.9 Å². The van der Waals surface area contributed by atoms with Crippen LogP contribution in [0.1, 0.15) is 41.6 Å². The smallest absolute Gasteiger partial charge is 0.276 e. The summed E-state index contributed by atoms with van der Waals surface area (Å²) in [5.41, 5.74) is 3.06. The maximum Gasteiger partial charge on any atom is 0.276 e. The Morgan fingerprint density at radius 1 is 1.19 bits per heavy atom. The molecule has 3 aromatic rings. The number of allylic oxidation sites excluding steroid dienone is 3. The third kappa shape index (κ3) is 4.20. The number of carbonyl (C=O) groups excluding carboxylic acids is 1. The van der Waals surface area contributed by atoms with Gasteiger partial charge in [0.1, 0.15) is 0 Å². The highest BCUT2D eigenvalue weighted by Gasteiger charge is 2.15. The molecule has 31 heavy (non-hydrogen) atoms. The van der Waals surface area contributed by atoms with E-state index in [1.165, 1.54) is 32.1 Å². The van der Waals surface area contributed by atoms with Gasteiger partial charge in [-0.1, -0.05) is 24.5 Å². The highest BCUT2D eigenvalue weighted by molar-refractivity contribution is 5.94. The average Bonchev–Trinajstić information content (AvgIpc) is 3.43. The van der Waals surface area contributed by atoms with Crippen molar-refractivity contribution in [1.29, 1.82) is 0 Å². The summed E-state index contributed by atoms with van der Waals surface area (Å²) >= 11 is 0. The molecule has 3 heterocycles. The van der Waals surface area contributed by atoms with Crippen LogP contribution in [0.5, 0.6) is 11.8 Å². The van der Waals surface area contributed by atoms with Gasteiger partial charge in [0.25, 0.3) is 5.91 Å². The van der Waals surface area contributed by atoms with E-state index in [1.807, 2.05) is 12.2 Å². The molecule has 0 atom stereocenters. The van der Waals surface area contributed by atoms with Gasteiger partial charge >= 0.3 is 0 Å². The first kappa shape index (κ1) is 20.0. The zero-order valence-corrected chi connectivity index (χ0v) is 17.2. The summed E-state index contributed by atoms with van der Waals surface area (Å²) < 4.78 is 12.0. The maximum absolute atomic E-state index is 12.6. The summed E-state index contributed by atoms with van der Waals surface area (Å²) in [6, 6.07) is 1.53. The van der Waals surface area contributed by atoms with Crippen molar-refractivity contribution in [2.45, 2.75) is 19.8 Å². The van der Waals surface area contributed by atoms with Crippen LogP contribution in [0.15, 0.2) is 41.9 Å². The van der Waals surface area contributed by atoms with E-state index in [0.717, 1.165) is 18.5 Å². The number of hydrogen-bond donors (Lipinski definition) is 1. The topological polar surface area (TPSA) is 116 Å². The Morgan fingerprint density at radius 2 is 2.06 bits per heavy atom. The van der Waals surface area contributed by atoms with Crippen molar-refractivity contribution in [3.05, 3.63) is 59.0 Å². The number of carbonyl (C=O) groups is 1. The molecule has 0 saturated carbocycles. The van der Waals surface area contributed by atoms with Gasteiger partial charge in [0.05, 0.1) is 32.2 Å². The molecule has 0 unspecified atom stereocenters. The largest absolute Gasteiger partial charge is 0.480 e. The van der Waals surface area contributed by atoms with Gasteiger partial charge < -0.3 is 14.8 Å². The quantitative estimate of drug-likeness (QED) is 0.624. The fourth-order valence-electron chi connectivity index (χ4n) is 2.94. The molecule has 0 saturated heterocycles. The van der Waals surface area contributed by atoms with Crippen LogP contribution in [0.4, 0.5) is 0 Å². The summed E-state index contributed by atoms with van der Waals surface area (Å²) in [4.78, 5) is 16.7. The Balaban J connectivity index is 1.62. The molecular formula is C21H19N7O3. The second-order valence-corrected chi connectivity index (χ2v) is 6.56. The molecule has 0 bridgehead atoms. The van der Waals surface area contributed by atoms with Gasteiger partial charge in [0, 0.05) is 5.70 Å². The maximum atomic E-state index is 12.6. The third-order valence-electron chi connectivity index (χ3n) is 4.63. The van der Waals surface area contributed by atoms with E-state index in [4.69, 9.17) is 9.47 Å². The van der Waals surface area contributed by atoms with Crippen molar-refractivity contribution >= 4 is 11.6 Å². The number of amides is 1. The van der Waals surface area contributed by atoms with Crippen molar-refractivity contribution in [2.75, 3.05) is 14.2 Å². The van der Waals surface area contributed by atoms with Crippen LogP contribution in [0.2, 0.25) is 0 Å². The van der Waals surface area contributed by atoms with E-state index < -0.39 is 0 Å². The van der Waals surface area contributed by atoms with Crippen LogP contribution in [0.25, 0.3) is 5.65 Å². The summed E-state index contributed by atoms with van der Waals surface area (Å²) in [6.45, 7) is 2.08. The summed E-state index contributed by atoms with van der Waals surface area (Å²) in [7, 11) is 2.97. The first-order valence-corrected chi connectivity index (χ1v) is 9.50. The summed E-state index contributed by atoms with van der Waals surface area (Å²) in [6.07, 6.45) is 8.88. The van der Waals surface area contributed by atoms with E-state index in [2.05, 4.69) is 49.5 Å². The fourth-order valence-corrected chi connectivity index (χ4v) is 2.94. The number of aromatic nitrogens is 6. The minimum atomic E-state index is -0.373. The number of methoxy groups -OCH3 is 2. The van der Waals surface area contributed by atoms with E-state index in [0.29, 0.717) is 22.9 Å². The molecule has 1 N–H and O–H groups in total. The summed E-state index contributed by atoms with van der Waals surface area (Å²) in [5.74, 6) is 6.45. The molecule has 3 aromatic heterocycles. The minimum absolute atomic E-state index is 0.126. The Labute approximate surface area is 178 Å². The van der Waals surface area contributed by atoms with Crippen LogP contribution < -0.4 is 14.8 Å². The van der Waals surface area contributed by atoms with Crippen molar-refractivity contribution in [1.82, 2.24) is 35.1 Å². The molecule has 156 valence electrons. The molecule has 10 nitrogen and oxygen atoms in total. The molecule has 4 rings (SSSR count). The van der Waals surface area contributed by atoms with Gasteiger partial charge in [-0.25, -0.2) is 4.98 Å². The van der Waals surface area contributed by atoms with Crippen molar-refractivity contribution in [3.8, 4) is 23.6 Å². The van der Waals surface area contributed by atoms with Crippen LogP contribution in [-0.2, 0) is 0 Å². The standard InChI is InChI=1S/C21H19N7O3/c1-4-13-5-7-15(9-13)23-20(29)16-10-14(21(31-3)27-24-16)6-8-17-25-26-18-11-22-19(30-2)12-28(17)18/h7,9-12H,4-5H2,1-3H3,(H,23,29). The lowest BCUT2D eigenvalue weighted by atomic mass is 10.2. The highest BCUT2D eigenvalue weighted by atomic mass is 16.5. The van der Waals surface area contributed by atoms with Gasteiger partial charge in [0.15, 0.2) is 11.3 Å². The third-order valence-corrected chi connectivity index (χ3v) is 4.63. The Morgan fingerprint density at radius 3 is 2.81 bits per heavy atom. The minimum Gasteiger partial charge on any atom is -0.480 e. The molecule has 10 heteroatoms. The lowest BCUT2D eigenvalue weighted by Crippen LogP contribution is -2.23.